The maximum atomic E-state index is 12.5. The lowest BCUT2D eigenvalue weighted by molar-refractivity contribution is 0.102. The highest BCUT2D eigenvalue weighted by Gasteiger charge is 2.17. The number of amides is 1. The number of aryl methyl sites for hydroxylation is 1. The number of carbonyl (C=O) groups is 1. The van der Waals surface area contributed by atoms with Gasteiger partial charge in [0.25, 0.3) is 15.9 Å². The second-order valence-electron chi connectivity index (χ2n) is 5.97. The SMILES string of the molecule is CCc1nnc(NS(=O)(=O)c2ccc(NC(=O)c3ccc4ncsc4c3)cc2)s1. The molecule has 0 radical (unpaired) electrons. The van der Waals surface area contributed by atoms with E-state index >= 15 is 0 Å². The van der Waals surface area contributed by atoms with Gasteiger partial charge in [0.05, 0.1) is 20.6 Å². The van der Waals surface area contributed by atoms with E-state index in [-0.39, 0.29) is 15.9 Å². The number of nitrogens with zero attached hydrogens (tertiary/aromatic N) is 3. The molecular weight excluding hydrogens is 430 g/mol. The van der Waals surface area contributed by atoms with Crippen LogP contribution in [-0.4, -0.2) is 29.5 Å². The van der Waals surface area contributed by atoms with Crippen molar-refractivity contribution in [2.24, 2.45) is 0 Å². The first-order valence-electron chi connectivity index (χ1n) is 8.54. The van der Waals surface area contributed by atoms with E-state index in [4.69, 9.17) is 0 Å². The molecule has 8 nitrogen and oxygen atoms in total. The van der Waals surface area contributed by atoms with E-state index in [1.807, 2.05) is 6.92 Å². The molecule has 1 amide bonds. The van der Waals surface area contributed by atoms with Gasteiger partial charge in [-0.3, -0.25) is 9.52 Å². The van der Waals surface area contributed by atoms with Crippen LogP contribution in [0.2, 0.25) is 0 Å². The van der Waals surface area contributed by atoms with Crippen molar-refractivity contribution >= 4 is 59.6 Å². The third-order valence-corrected chi connectivity index (χ3v) is 7.27. The van der Waals surface area contributed by atoms with Crippen LogP contribution in [0.3, 0.4) is 0 Å². The van der Waals surface area contributed by atoms with Gasteiger partial charge >= 0.3 is 0 Å². The summed E-state index contributed by atoms with van der Waals surface area (Å²) in [5, 5.41) is 11.4. The number of benzene rings is 2. The fraction of sp³-hybridized carbons (Fsp3) is 0.111. The van der Waals surface area contributed by atoms with Crippen LogP contribution in [0.25, 0.3) is 10.2 Å². The predicted molar refractivity (Wildman–Crippen MR) is 114 cm³/mol. The van der Waals surface area contributed by atoms with Crippen LogP contribution in [0.1, 0.15) is 22.3 Å². The van der Waals surface area contributed by atoms with Crippen LogP contribution >= 0.6 is 22.7 Å². The van der Waals surface area contributed by atoms with Gasteiger partial charge in [0.2, 0.25) is 5.13 Å². The van der Waals surface area contributed by atoms with Crippen molar-refractivity contribution in [3.63, 3.8) is 0 Å². The van der Waals surface area contributed by atoms with Gasteiger partial charge in [-0.05, 0) is 48.9 Å². The molecule has 0 aliphatic heterocycles. The number of fused-ring (bicyclic) bond motifs is 1. The van der Waals surface area contributed by atoms with Crippen LogP contribution in [0, 0.1) is 0 Å². The summed E-state index contributed by atoms with van der Waals surface area (Å²) in [4.78, 5) is 16.7. The lowest BCUT2D eigenvalue weighted by Gasteiger charge is -2.08. The van der Waals surface area contributed by atoms with Gasteiger partial charge in [0.1, 0.15) is 5.01 Å². The van der Waals surface area contributed by atoms with E-state index in [2.05, 4.69) is 25.2 Å². The number of nitrogens with one attached hydrogen (secondary N) is 2. The summed E-state index contributed by atoms with van der Waals surface area (Å²) in [5.74, 6) is -0.282. The second-order valence-corrected chi connectivity index (χ2v) is 9.60. The Morgan fingerprint density at radius 1 is 1.10 bits per heavy atom. The Labute approximate surface area is 174 Å². The Bertz CT molecular complexity index is 1280. The Morgan fingerprint density at radius 2 is 1.90 bits per heavy atom. The van der Waals surface area contributed by atoms with Crippen molar-refractivity contribution in [3.8, 4) is 0 Å². The van der Waals surface area contributed by atoms with E-state index in [0.29, 0.717) is 17.7 Å². The molecule has 0 fully saturated rings. The summed E-state index contributed by atoms with van der Waals surface area (Å²) in [6.45, 7) is 1.92. The summed E-state index contributed by atoms with van der Waals surface area (Å²) in [6, 6.07) is 11.2. The van der Waals surface area contributed by atoms with Crippen LogP contribution in [0.5, 0.6) is 0 Å². The quantitative estimate of drug-likeness (QED) is 0.467. The predicted octanol–water partition coefficient (Wildman–Crippen LogP) is 3.76. The smallest absolute Gasteiger partial charge is 0.263 e. The summed E-state index contributed by atoms with van der Waals surface area (Å²) < 4.78 is 28.3. The minimum absolute atomic E-state index is 0.0647. The fourth-order valence-corrected chi connectivity index (χ4v) is 5.15. The van der Waals surface area contributed by atoms with Crippen LogP contribution in [0.15, 0.2) is 52.9 Å². The minimum atomic E-state index is -3.78. The van der Waals surface area contributed by atoms with E-state index in [0.717, 1.165) is 15.2 Å². The molecular formula is C18H15N5O3S3. The third-order valence-electron chi connectivity index (χ3n) is 4.01. The Balaban J connectivity index is 1.47. The maximum Gasteiger partial charge on any atom is 0.263 e. The van der Waals surface area contributed by atoms with E-state index < -0.39 is 10.0 Å². The zero-order valence-electron chi connectivity index (χ0n) is 15.1. The molecule has 4 rings (SSSR count). The average molecular weight is 446 g/mol. The normalized spacial score (nSPS) is 11.5. The number of carbonyl (C=O) groups excluding carboxylic acids is 1. The molecule has 0 atom stereocenters. The molecule has 0 aliphatic carbocycles. The topological polar surface area (TPSA) is 114 Å². The zero-order valence-corrected chi connectivity index (χ0v) is 17.6. The molecule has 11 heteroatoms. The molecule has 2 aromatic carbocycles. The molecule has 2 N–H and O–H groups in total. The molecule has 0 unspecified atom stereocenters. The molecule has 2 aromatic heterocycles. The molecule has 0 spiro atoms. The summed E-state index contributed by atoms with van der Waals surface area (Å²) in [5.41, 5.74) is 3.56. The van der Waals surface area contributed by atoms with E-state index in [1.165, 1.54) is 46.9 Å². The largest absolute Gasteiger partial charge is 0.322 e. The van der Waals surface area contributed by atoms with Crippen molar-refractivity contribution in [1.82, 2.24) is 15.2 Å². The number of hydrogen-bond donors (Lipinski definition) is 2. The summed E-state index contributed by atoms with van der Waals surface area (Å²) in [6.07, 6.45) is 0.684. The van der Waals surface area contributed by atoms with Crippen molar-refractivity contribution in [3.05, 3.63) is 58.5 Å². The highest BCUT2D eigenvalue weighted by Crippen LogP contribution is 2.22. The first kappa shape index (κ1) is 19.4. The molecule has 4 aromatic rings. The molecule has 2 heterocycles. The molecule has 0 saturated heterocycles. The Kier molecular flexibility index (Phi) is 5.26. The monoisotopic (exact) mass is 445 g/mol. The fourth-order valence-electron chi connectivity index (χ4n) is 2.53. The van der Waals surface area contributed by atoms with Crippen molar-refractivity contribution < 1.29 is 13.2 Å². The van der Waals surface area contributed by atoms with Crippen molar-refractivity contribution in [2.45, 2.75) is 18.2 Å². The number of anilines is 2. The first-order chi connectivity index (χ1) is 13.9. The Morgan fingerprint density at radius 3 is 2.62 bits per heavy atom. The lowest BCUT2D eigenvalue weighted by Crippen LogP contribution is -2.14. The first-order valence-corrected chi connectivity index (χ1v) is 11.7. The maximum absolute atomic E-state index is 12.5. The average Bonchev–Trinajstić information content (AvgIpc) is 3.36. The summed E-state index contributed by atoms with van der Waals surface area (Å²) >= 11 is 2.65. The minimum Gasteiger partial charge on any atom is -0.322 e. The van der Waals surface area contributed by atoms with Crippen LogP contribution in [0.4, 0.5) is 10.8 Å². The van der Waals surface area contributed by atoms with Crippen molar-refractivity contribution in [2.75, 3.05) is 10.0 Å². The Hall–Kier alpha value is -2.89. The van der Waals surface area contributed by atoms with Gasteiger partial charge in [0, 0.05) is 11.3 Å². The molecule has 0 saturated carbocycles. The molecule has 148 valence electrons. The molecule has 0 aliphatic rings. The van der Waals surface area contributed by atoms with Gasteiger partial charge in [-0.2, -0.15) is 0 Å². The number of thiazole rings is 1. The van der Waals surface area contributed by atoms with E-state index in [1.54, 1.807) is 23.7 Å². The number of rotatable bonds is 6. The van der Waals surface area contributed by atoms with Gasteiger partial charge < -0.3 is 5.32 Å². The number of aromatic nitrogens is 3. The highest BCUT2D eigenvalue weighted by molar-refractivity contribution is 7.93. The number of sulfonamides is 1. The molecule has 0 bridgehead atoms. The van der Waals surface area contributed by atoms with Crippen LogP contribution in [-0.2, 0) is 16.4 Å². The standard InChI is InChI=1S/C18H15N5O3S3/c1-2-16-21-22-18(28-16)23-29(25,26)13-6-4-12(5-7-13)20-17(24)11-3-8-14-15(9-11)27-10-19-14/h3-10H,2H2,1H3,(H,20,24)(H,22,23). The molecule has 29 heavy (non-hydrogen) atoms. The lowest BCUT2D eigenvalue weighted by atomic mass is 10.2. The third kappa shape index (κ3) is 4.26. The van der Waals surface area contributed by atoms with Gasteiger partial charge in [-0.1, -0.05) is 18.3 Å². The van der Waals surface area contributed by atoms with Gasteiger partial charge in [0.15, 0.2) is 0 Å². The highest BCUT2D eigenvalue weighted by atomic mass is 32.2. The van der Waals surface area contributed by atoms with Crippen molar-refractivity contribution in [1.29, 1.82) is 0 Å². The summed E-state index contributed by atoms with van der Waals surface area (Å²) in [7, 11) is -3.78. The van der Waals surface area contributed by atoms with Gasteiger partial charge in [-0.25, -0.2) is 13.4 Å². The van der Waals surface area contributed by atoms with Crippen LogP contribution < -0.4 is 10.0 Å². The number of hydrogen-bond acceptors (Lipinski definition) is 8. The van der Waals surface area contributed by atoms with E-state index in [9.17, 15) is 13.2 Å². The second kappa shape index (κ2) is 7.85. The zero-order chi connectivity index (χ0) is 20.4. The van der Waals surface area contributed by atoms with Gasteiger partial charge in [-0.15, -0.1) is 21.5 Å².